The number of hydrogen-bond donors (Lipinski definition) is 1. The molecule has 0 aliphatic rings. The molecule has 0 spiro atoms. The topological polar surface area (TPSA) is 46.5 Å². The summed E-state index contributed by atoms with van der Waals surface area (Å²) in [5.74, 6) is -0.0369. The van der Waals surface area contributed by atoms with Crippen LogP contribution in [0.25, 0.3) is 0 Å². The van der Waals surface area contributed by atoms with Gasteiger partial charge in [-0.2, -0.15) is 0 Å². The third kappa shape index (κ3) is 4.31. The monoisotopic (exact) mass is 234 g/mol. The minimum atomic E-state index is -0.903. The molecule has 0 saturated heterocycles. The van der Waals surface area contributed by atoms with Crippen LogP contribution in [-0.4, -0.2) is 18.2 Å². The Bertz CT molecular complexity index is 408. The molecule has 1 rings (SSSR count). The zero-order valence-electron chi connectivity index (χ0n) is 10.3. The molecule has 1 aromatic carbocycles. The number of ether oxygens (including phenoxy) is 1. The summed E-state index contributed by atoms with van der Waals surface area (Å²) in [6.07, 6.45) is 5.33. The van der Waals surface area contributed by atoms with E-state index in [-0.39, 0.29) is 0 Å². The second-order valence-corrected chi connectivity index (χ2v) is 3.78. The fourth-order valence-corrected chi connectivity index (χ4v) is 1.67. The van der Waals surface area contributed by atoms with Gasteiger partial charge in [0, 0.05) is 6.08 Å². The van der Waals surface area contributed by atoms with Gasteiger partial charge < -0.3 is 9.84 Å². The van der Waals surface area contributed by atoms with Crippen molar-refractivity contribution in [2.24, 2.45) is 0 Å². The van der Waals surface area contributed by atoms with Gasteiger partial charge in [-0.05, 0) is 36.5 Å². The fourth-order valence-electron chi connectivity index (χ4n) is 1.67. The summed E-state index contributed by atoms with van der Waals surface area (Å²) < 4.78 is 5.28. The normalized spacial score (nSPS) is 10.7. The standard InChI is InChI=1S/C14H18O3/c1-3-11-8-9-13(17-2)12(10-11)6-4-5-7-14(15)16/h5,7-10H,3-4,6H2,1-2H3,(H,15,16)/b7-5+. The molecule has 0 fully saturated rings. The summed E-state index contributed by atoms with van der Waals surface area (Å²) in [7, 11) is 1.65. The maximum atomic E-state index is 10.3. The number of hydrogen-bond acceptors (Lipinski definition) is 2. The Labute approximate surface area is 102 Å². The molecule has 0 unspecified atom stereocenters. The van der Waals surface area contributed by atoms with Crippen molar-refractivity contribution >= 4 is 5.97 Å². The van der Waals surface area contributed by atoms with E-state index in [1.165, 1.54) is 11.6 Å². The van der Waals surface area contributed by atoms with Crippen LogP contribution in [0.4, 0.5) is 0 Å². The Hall–Kier alpha value is -1.77. The Morgan fingerprint density at radius 3 is 2.82 bits per heavy atom. The van der Waals surface area contributed by atoms with Gasteiger partial charge in [-0.25, -0.2) is 4.79 Å². The lowest BCUT2D eigenvalue weighted by atomic mass is 10.0. The summed E-state index contributed by atoms with van der Waals surface area (Å²) in [6.45, 7) is 2.11. The lowest BCUT2D eigenvalue weighted by molar-refractivity contribution is -0.131. The van der Waals surface area contributed by atoms with Crippen molar-refractivity contribution in [1.82, 2.24) is 0 Å². The highest BCUT2D eigenvalue weighted by molar-refractivity contribution is 5.79. The van der Waals surface area contributed by atoms with Crippen molar-refractivity contribution in [3.63, 3.8) is 0 Å². The van der Waals surface area contributed by atoms with E-state index in [4.69, 9.17) is 9.84 Å². The molecule has 1 aromatic rings. The zero-order chi connectivity index (χ0) is 12.7. The van der Waals surface area contributed by atoms with Gasteiger partial charge >= 0.3 is 5.97 Å². The van der Waals surface area contributed by atoms with Gasteiger partial charge in [0.05, 0.1) is 7.11 Å². The second-order valence-electron chi connectivity index (χ2n) is 3.78. The Morgan fingerprint density at radius 2 is 2.24 bits per heavy atom. The number of carboxylic acid groups (broad SMARTS) is 1. The molecule has 0 aliphatic carbocycles. The summed E-state index contributed by atoms with van der Waals surface area (Å²) in [5, 5.41) is 8.48. The van der Waals surface area contributed by atoms with Gasteiger partial charge in [0.25, 0.3) is 0 Å². The SMILES string of the molecule is CCc1ccc(OC)c(CC/C=C/C(=O)O)c1. The Kier molecular flexibility index (Phi) is 5.27. The third-order valence-electron chi connectivity index (χ3n) is 2.59. The molecule has 17 heavy (non-hydrogen) atoms. The Morgan fingerprint density at radius 1 is 1.47 bits per heavy atom. The molecule has 0 aliphatic heterocycles. The summed E-state index contributed by atoms with van der Waals surface area (Å²) in [4.78, 5) is 10.3. The first-order valence-corrected chi connectivity index (χ1v) is 5.72. The largest absolute Gasteiger partial charge is 0.496 e. The molecule has 0 radical (unpaired) electrons. The summed E-state index contributed by atoms with van der Waals surface area (Å²) in [6, 6.07) is 6.14. The zero-order valence-corrected chi connectivity index (χ0v) is 10.3. The van der Waals surface area contributed by atoms with Gasteiger partial charge in [0.1, 0.15) is 5.75 Å². The van der Waals surface area contributed by atoms with Crippen LogP contribution >= 0.6 is 0 Å². The molecule has 92 valence electrons. The minimum Gasteiger partial charge on any atom is -0.496 e. The first kappa shape index (κ1) is 13.3. The quantitative estimate of drug-likeness (QED) is 0.770. The number of aliphatic carboxylic acids is 1. The molecule has 0 amide bonds. The number of rotatable bonds is 6. The minimum absolute atomic E-state index is 0.704. The molecule has 0 atom stereocenters. The number of allylic oxidation sites excluding steroid dienone is 1. The van der Waals surface area contributed by atoms with Gasteiger partial charge in [-0.15, -0.1) is 0 Å². The van der Waals surface area contributed by atoms with Crippen LogP contribution in [0, 0.1) is 0 Å². The predicted octanol–water partition coefficient (Wildman–Crippen LogP) is 2.83. The van der Waals surface area contributed by atoms with Crippen LogP contribution < -0.4 is 4.74 Å². The van der Waals surface area contributed by atoms with Crippen LogP contribution in [0.15, 0.2) is 30.4 Å². The van der Waals surface area contributed by atoms with Crippen molar-refractivity contribution in [2.45, 2.75) is 26.2 Å². The van der Waals surface area contributed by atoms with Crippen LogP contribution in [0.5, 0.6) is 5.75 Å². The lowest BCUT2D eigenvalue weighted by Crippen LogP contribution is -1.94. The summed E-state index contributed by atoms with van der Waals surface area (Å²) >= 11 is 0. The molecule has 0 heterocycles. The smallest absolute Gasteiger partial charge is 0.327 e. The van der Waals surface area contributed by atoms with E-state index >= 15 is 0 Å². The van der Waals surface area contributed by atoms with Gasteiger partial charge in [-0.3, -0.25) is 0 Å². The summed E-state index contributed by atoms with van der Waals surface area (Å²) in [5.41, 5.74) is 2.39. The molecule has 3 nitrogen and oxygen atoms in total. The van der Waals surface area contributed by atoms with E-state index in [9.17, 15) is 4.79 Å². The maximum Gasteiger partial charge on any atom is 0.327 e. The first-order valence-electron chi connectivity index (χ1n) is 5.72. The van der Waals surface area contributed by atoms with Crippen molar-refractivity contribution in [3.8, 4) is 5.75 Å². The molecule has 0 saturated carbocycles. The van der Waals surface area contributed by atoms with E-state index in [0.29, 0.717) is 6.42 Å². The van der Waals surface area contributed by atoms with E-state index in [2.05, 4.69) is 19.1 Å². The molecule has 3 heteroatoms. The Balaban J connectivity index is 2.70. The average Bonchev–Trinajstić information content (AvgIpc) is 2.34. The fraction of sp³-hybridized carbons (Fsp3) is 0.357. The third-order valence-corrected chi connectivity index (χ3v) is 2.59. The van der Waals surface area contributed by atoms with Crippen LogP contribution in [0.2, 0.25) is 0 Å². The van der Waals surface area contributed by atoms with E-state index < -0.39 is 5.97 Å². The maximum absolute atomic E-state index is 10.3. The van der Waals surface area contributed by atoms with E-state index in [0.717, 1.165) is 24.2 Å². The highest BCUT2D eigenvalue weighted by Gasteiger charge is 2.03. The van der Waals surface area contributed by atoms with Crippen LogP contribution in [0.1, 0.15) is 24.5 Å². The van der Waals surface area contributed by atoms with Crippen molar-refractivity contribution in [2.75, 3.05) is 7.11 Å². The van der Waals surface area contributed by atoms with E-state index in [1.807, 2.05) is 6.07 Å². The molecular weight excluding hydrogens is 216 g/mol. The molecule has 0 bridgehead atoms. The van der Waals surface area contributed by atoms with Crippen LogP contribution in [-0.2, 0) is 17.6 Å². The highest BCUT2D eigenvalue weighted by Crippen LogP contribution is 2.21. The molecule has 1 N–H and O–H groups in total. The van der Waals surface area contributed by atoms with Gasteiger partial charge in [-0.1, -0.05) is 25.1 Å². The van der Waals surface area contributed by atoms with Crippen molar-refractivity contribution < 1.29 is 14.6 Å². The number of carboxylic acids is 1. The van der Waals surface area contributed by atoms with Crippen molar-refractivity contribution in [1.29, 1.82) is 0 Å². The van der Waals surface area contributed by atoms with Crippen LogP contribution in [0.3, 0.4) is 0 Å². The van der Waals surface area contributed by atoms with E-state index in [1.54, 1.807) is 13.2 Å². The second kappa shape index (κ2) is 6.74. The van der Waals surface area contributed by atoms with Gasteiger partial charge in [0.2, 0.25) is 0 Å². The number of carbonyl (C=O) groups is 1. The lowest BCUT2D eigenvalue weighted by Gasteiger charge is -2.09. The highest BCUT2D eigenvalue weighted by atomic mass is 16.5. The number of benzene rings is 1. The first-order chi connectivity index (χ1) is 8.17. The number of methoxy groups -OCH3 is 1. The predicted molar refractivity (Wildman–Crippen MR) is 67.5 cm³/mol. The molecule has 0 aromatic heterocycles. The van der Waals surface area contributed by atoms with Gasteiger partial charge in [0.15, 0.2) is 0 Å². The molecular formula is C14H18O3. The number of aryl methyl sites for hydroxylation is 2. The van der Waals surface area contributed by atoms with Crippen molar-refractivity contribution in [3.05, 3.63) is 41.5 Å². The average molecular weight is 234 g/mol.